The highest BCUT2D eigenvalue weighted by Gasteiger charge is 2.19. The molecule has 0 bridgehead atoms. The fourth-order valence-corrected chi connectivity index (χ4v) is 2.77. The van der Waals surface area contributed by atoms with Crippen LogP contribution in [0.1, 0.15) is 23.3 Å². The third-order valence-electron chi connectivity index (χ3n) is 3.72. The van der Waals surface area contributed by atoms with E-state index in [2.05, 4.69) is 10.00 Å². The van der Waals surface area contributed by atoms with E-state index in [4.69, 9.17) is 10.8 Å². The van der Waals surface area contributed by atoms with Gasteiger partial charge in [-0.15, -0.1) is 0 Å². The monoisotopic (exact) mass is 288 g/mol. The highest BCUT2D eigenvalue weighted by atomic mass is 16.4. The van der Waals surface area contributed by atoms with Gasteiger partial charge in [-0.05, 0) is 31.0 Å². The summed E-state index contributed by atoms with van der Waals surface area (Å²) in [6, 6.07) is 5.59. The van der Waals surface area contributed by atoms with Crippen LogP contribution in [0.3, 0.4) is 0 Å². The number of nitrogens with two attached hydrogens (primary N) is 1. The Hall–Kier alpha value is -2.57. The first-order chi connectivity index (χ1) is 10.1. The van der Waals surface area contributed by atoms with Gasteiger partial charge in [0.15, 0.2) is 5.69 Å². The van der Waals surface area contributed by atoms with Crippen molar-refractivity contribution in [3.05, 3.63) is 23.9 Å². The van der Waals surface area contributed by atoms with Crippen molar-refractivity contribution in [1.29, 1.82) is 0 Å². The number of primary amides is 1. The number of carboxylic acids is 1. The van der Waals surface area contributed by atoms with Crippen molar-refractivity contribution < 1.29 is 14.7 Å². The second-order valence-corrected chi connectivity index (χ2v) is 5.16. The number of hydrogen-bond acceptors (Lipinski definition) is 4. The van der Waals surface area contributed by atoms with Crippen LogP contribution in [0.15, 0.2) is 18.2 Å². The lowest BCUT2D eigenvalue weighted by atomic mass is 10.1. The van der Waals surface area contributed by atoms with E-state index in [1.165, 1.54) is 4.68 Å². The van der Waals surface area contributed by atoms with E-state index in [1.54, 1.807) is 6.07 Å². The number of amides is 1. The lowest BCUT2D eigenvalue weighted by molar-refractivity contribution is -0.137. The van der Waals surface area contributed by atoms with Crippen LogP contribution in [-0.4, -0.2) is 39.9 Å². The van der Waals surface area contributed by atoms with Crippen LogP contribution in [0.25, 0.3) is 10.9 Å². The topological polar surface area (TPSA) is 101 Å². The Morgan fingerprint density at radius 1 is 1.29 bits per heavy atom. The van der Waals surface area contributed by atoms with Gasteiger partial charge in [0.25, 0.3) is 5.91 Å². The van der Waals surface area contributed by atoms with Gasteiger partial charge in [0, 0.05) is 24.2 Å². The molecule has 1 saturated heterocycles. The van der Waals surface area contributed by atoms with Crippen LogP contribution < -0.4 is 10.6 Å². The minimum absolute atomic E-state index is 0.118. The summed E-state index contributed by atoms with van der Waals surface area (Å²) in [6.45, 7) is 1.67. The summed E-state index contributed by atoms with van der Waals surface area (Å²) in [5, 5.41) is 13.6. The van der Waals surface area contributed by atoms with Crippen molar-refractivity contribution in [2.24, 2.45) is 5.73 Å². The summed E-state index contributed by atoms with van der Waals surface area (Å²) in [5.41, 5.74) is 7.09. The summed E-state index contributed by atoms with van der Waals surface area (Å²) in [5.74, 6) is -1.67. The molecule has 1 aromatic carbocycles. The molecule has 21 heavy (non-hydrogen) atoms. The molecule has 0 atom stereocenters. The molecule has 2 aromatic rings. The summed E-state index contributed by atoms with van der Waals surface area (Å²) in [4.78, 5) is 24.6. The first-order valence-corrected chi connectivity index (χ1v) is 6.83. The normalized spacial score (nSPS) is 14.8. The molecule has 1 aliphatic heterocycles. The molecule has 3 rings (SSSR count). The van der Waals surface area contributed by atoms with Crippen LogP contribution in [0.4, 0.5) is 5.69 Å². The van der Waals surface area contributed by atoms with Crippen molar-refractivity contribution in [3.63, 3.8) is 0 Å². The van der Waals surface area contributed by atoms with Gasteiger partial charge in [-0.3, -0.25) is 14.3 Å². The molecule has 0 unspecified atom stereocenters. The molecule has 0 radical (unpaired) electrons. The molecule has 2 heterocycles. The van der Waals surface area contributed by atoms with E-state index >= 15 is 0 Å². The van der Waals surface area contributed by atoms with E-state index < -0.39 is 11.9 Å². The Kier molecular flexibility index (Phi) is 3.25. The Balaban J connectivity index is 2.11. The van der Waals surface area contributed by atoms with Gasteiger partial charge in [0.05, 0.1) is 5.52 Å². The van der Waals surface area contributed by atoms with E-state index in [-0.39, 0.29) is 12.2 Å². The molecule has 7 heteroatoms. The lowest BCUT2D eigenvalue weighted by Crippen LogP contribution is -2.17. The average molecular weight is 288 g/mol. The predicted octanol–water partition coefficient (Wildman–Crippen LogP) is 0.820. The molecular weight excluding hydrogens is 272 g/mol. The van der Waals surface area contributed by atoms with Crippen LogP contribution in [0.5, 0.6) is 0 Å². The highest BCUT2D eigenvalue weighted by molar-refractivity contribution is 6.05. The summed E-state index contributed by atoms with van der Waals surface area (Å²) in [7, 11) is 0. The first kappa shape index (κ1) is 13.4. The molecule has 1 amide bonds. The summed E-state index contributed by atoms with van der Waals surface area (Å²) < 4.78 is 1.30. The minimum atomic E-state index is -1.01. The van der Waals surface area contributed by atoms with Gasteiger partial charge in [-0.2, -0.15) is 5.10 Å². The van der Waals surface area contributed by atoms with E-state index in [0.29, 0.717) is 10.9 Å². The molecule has 1 fully saturated rings. The largest absolute Gasteiger partial charge is 0.480 e. The number of carbonyl (C=O) groups is 2. The van der Waals surface area contributed by atoms with Gasteiger partial charge in [0.1, 0.15) is 6.54 Å². The lowest BCUT2D eigenvalue weighted by Gasteiger charge is -2.17. The van der Waals surface area contributed by atoms with Crippen molar-refractivity contribution in [2.75, 3.05) is 18.0 Å². The van der Waals surface area contributed by atoms with Crippen LogP contribution in [0.2, 0.25) is 0 Å². The number of rotatable bonds is 4. The van der Waals surface area contributed by atoms with E-state index in [1.807, 2.05) is 12.1 Å². The number of benzene rings is 1. The number of hydrogen-bond donors (Lipinski definition) is 2. The number of nitrogens with zero attached hydrogens (tertiary/aromatic N) is 3. The number of carbonyl (C=O) groups excluding carboxylic acids is 1. The maximum atomic E-state index is 11.5. The summed E-state index contributed by atoms with van der Waals surface area (Å²) >= 11 is 0. The zero-order valence-electron chi connectivity index (χ0n) is 11.5. The zero-order valence-corrected chi connectivity index (χ0v) is 11.5. The minimum Gasteiger partial charge on any atom is -0.480 e. The van der Waals surface area contributed by atoms with Gasteiger partial charge < -0.3 is 15.7 Å². The average Bonchev–Trinajstić information content (AvgIpc) is 3.05. The van der Waals surface area contributed by atoms with Gasteiger partial charge >= 0.3 is 5.97 Å². The predicted molar refractivity (Wildman–Crippen MR) is 77.3 cm³/mol. The molecule has 3 N–H and O–H groups in total. The highest BCUT2D eigenvalue weighted by Crippen LogP contribution is 2.27. The van der Waals surface area contributed by atoms with Gasteiger partial charge in [-0.1, -0.05) is 0 Å². The Morgan fingerprint density at radius 3 is 2.62 bits per heavy atom. The van der Waals surface area contributed by atoms with Crippen molar-refractivity contribution >= 4 is 28.5 Å². The maximum absolute atomic E-state index is 11.5. The third kappa shape index (κ3) is 2.42. The maximum Gasteiger partial charge on any atom is 0.325 e. The smallest absolute Gasteiger partial charge is 0.325 e. The molecule has 1 aromatic heterocycles. The van der Waals surface area contributed by atoms with Crippen LogP contribution in [-0.2, 0) is 11.3 Å². The number of aliphatic carboxylic acids is 1. The zero-order chi connectivity index (χ0) is 15.0. The number of aromatic nitrogens is 2. The molecular formula is C14H16N4O3. The van der Waals surface area contributed by atoms with Crippen molar-refractivity contribution in [3.8, 4) is 0 Å². The van der Waals surface area contributed by atoms with E-state index in [9.17, 15) is 9.59 Å². The third-order valence-corrected chi connectivity index (χ3v) is 3.72. The molecule has 0 saturated carbocycles. The first-order valence-electron chi connectivity index (χ1n) is 6.83. The molecule has 0 spiro atoms. The Labute approximate surface area is 120 Å². The number of anilines is 1. The second-order valence-electron chi connectivity index (χ2n) is 5.16. The molecule has 0 aliphatic carbocycles. The SMILES string of the molecule is NC(=O)c1nn(CC(=O)O)c2ccc(N3CCCC3)cc12. The Bertz CT molecular complexity index is 716. The second kappa shape index (κ2) is 5.08. The standard InChI is InChI=1S/C14H16N4O3/c15-14(21)13-10-7-9(17-5-1-2-6-17)3-4-11(10)18(16-13)8-12(19)20/h3-4,7H,1-2,5-6,8H2,(H2,15,21)(H,19,20). The Morgan fingerprint density at radius 2 is 2.00 bits per heavy atom. The van der Waals surface area contributed by atoms with Crippen LogP contribution in [0, 0.1) is 0 Å². The van der Waals surface area contributed by atoms with Crippen molar-refractivity contribution in [1.82, 2.24) is 9.78 Å². The molecule has 1 aliphatic rings. The number of fused-ring (bicyclic) bond motifs is 1. The summed E-state index contributed by atoms with van der Waals surface area (Å²) in [6.07, 6.45) is 2.30. The van der Waals surface area contributed by atoms with Gasteiger partial charge in [0.2, 0.25) is 0 Å². The quantitative estimate of drug-likeness (QED) is 0.867. The fourth-order valence-electron chi connectivity index (χ4n) is 2.77. The molecule has 7 nitrogen and oxygen atoms in total. The van der Waals surface area contributed by atoms with Crippen molar-refractivity contribution in [2.45, 2.75) is 19.4 Å². The fraction of sp³-hybridized carbons (Fsp3) is 0.357. The van der Waals surface area contributed by atoms with E-state index in [0.717, 1.165) is 31.6 Å². The molecule has 110 valence electrons. The van der Waals surface area contributed by atoms with Gasteiger partial charge in [-0.25, -0.2) is 0 Å². The van der Waals surface area contributed by atoms with Crippen LogP contribution >= 0.6 is 0 Å². The number of carboxylic acid groups (broad SMARTS) is 1.